The Kier molecular flexibility index (Phi) is 5.83. The molecule has 0 aromatic heterocycles. The summed E-state index contributed by atoms with van der Waals surface area (Å²) in [6, 6.07) is 13.6. The van der Waals surface area contributed by atoms with Crippen LogP contribution in [0.5, 0.6) is 5.75 Å². The Bertz CT molecular complexity index is 651. The lowest BCUT2D eigenvalue weighted by Gasteiger charge is -2.12. The number of hydrogen-bond donors (Lipinski definition) is 1. The number of carbonyl (C=O) groups is 1. The second-order valence-electron chi connectivity index (χ2n) is 5.52. The van der Waals surface area contributed by atoms with E-state index in [0.717, 1.165) is 15.0 Å². The van der Waals surface area contributed by atoms with Gasteiger partial charge in [-0.15, -0.1) is 0 Å². The van der Waals surface area contributed by atoms with E-state index in [-0.39, 0.29) is 12.5 Å². The van der Waals surface area contributed by atoms with Crippen LogP contribution in [0.2, 0.25) is 0 Å². The zero-order valence-electron chi connectivity index (χ0n) is 13.0. The minimum atomic E-state index is -0.160. The maximum Gasteiger partial charge on any atom is 0.262 e. The van der Waals surface area contributed by atoms with Crippen LogP contribution in [0.3, 0.4) is 0 Å². The number of amides is 1. The average molecular weight is 409 g/mol. The molecule has 22 heavy (non-hydrogen) atoms. The van der Waals surface area contributed by atoms with E-state index in [2.05, 4.69) is 54.7 Å². The molecule has 2 aromatic rings. The number of carbonyl (C=O) groups excluding carboxylic acids is 1. The topological polar surface area (TPSA) is 38.3 Å². The Morgan fingerprint density at radius 2 is 1.86 bits per heavy atom. The predicted molar refractivity (Wildman–Crippen MR) is 98.6 cm³/mol. The lowest BCUT2D eigenvalue weighted by atomic mass is 9.98. The van der Waals surface area contributed by atoms with E-state index < -0.39 is 0 Å². The smallest absolute Gasteiger partial charge is 0.262 e. The largest absolute Gasteiger partial charge is 0.484 e. The molecular formula is C18H20INO2. The van der Waals surface area contributed by atoms with Crippen LogP contribution in [0.1, 0.15) is 30.9 Å². The minimum absolute atomic E-state index is 0.00640. The number of aryl methyl sites for hydroxylation is 1. The molecule has 2 aromatic carbocycles. The SMILES string of the molecule is Cc1cc(OCC(=O)Nc2ccc(I)cc2)ccc1C(C)C. The van der Waals surface area contributed by atoms with Gasteiger partial charge in [-0.05, 0) is 83.0 Å². The van der Waals surface area contributed by atoms with E-state index in [1.807, 2.05) is 36.4 Å². The van der Waals surface area contributed by atoms with Gasteiger partial charge in [0.15, 0.2) is 6.61 Å². The van der Waals surface area contributed by atoms with Gasteiger partial charge in [0.2, 0.25) is 0 Å². The van der Waals surface area contributed by atoms with Crippen molar-refractivity contribution in [2.45, 2.75) is 26.7 Å². The summed E-state index contributed by atoms with van der Waals surface area (Å²) in [6.45, 7) is 6.40. The standard InChI is InChI=1S/C18H20INO2/c1-12(2)17-9-8-16(10-13(17)3)22-11-18(21)20-15-6-4-14(19)5-7-15/h4-10,12H,11H2,1-3H3,(H,20,21). The number of anilines is 1. The number of halogens is 1. The van der Waals surface area contributed by atoms with Crippen LogP contribution in [-0.2, 0) is 4.79 Å². The number of nitrogens with one attached hydrogen (secondary N) is 1. The lowest BCUT2D eigenvalue weighted by molar-refractivity contribution is -0.118. The number of benzene rings is 2. The van der Waals surface area contributed by atoms with E-state index in [1.165, 1.54) is 11.1 Å². The van der Waals surface area contributed by atoms with Gasteiger partial charge in [-0.2, -0.15) is 0 Å². The second kappa shape index (κ2) is 7.63. The minimum Gasteiger partial charge on any atom is -0.484 e. The summed E-state index contributed by atoms with van der Waals surface area (Å²) in [6.07, 6.45) is 0. The third kappa shape index (κ3) is 4.73. The van der Waals surface area contributed by atoms with Crippen LogP contribution >= 0.6 is 22.6 Å². The molecule has 116 valence electrons. The van der Waals surface area contributed by atoms with Crippen molar-refractivity contribution >= 4 is 34.2 Å². The fraction of sp³-hybridized carbons (Fsp3) is 0.278. The van der Waals surface area contributed by atoms with Crippen molar-refractivity contribution in [3.05, 3.63) is 57.2 Å². The van der Waals surface area contributed by atoms with Crippen LogP contribution in [-0.4, -0.2) is 12.5 Å². The van der Waals surface area contributed by atoms with Gasteiger partial charge >= 0.3 is 0 Å². The monoisotopic (exact) mass is 409 g/mol. The molecule has 0 fully saturated rings. The number of rotatable bonds is 5. The normalized spacial score (nSPS) is 10.6. The maximum atomic E-state index is 11.9. The summed E-state index contributed by atoms with van der Waals surface area (Å²) in [5, 5.41) is 2.82. The molecule has 0 aliphatic rings. The Hall–Kier alpha value is -1.56. The van der Waals surface area contributed by atoms with Crippen molar-refractivity contribution in [3.8, 4) is 5.75 Å². The molecule has 3 nitrogen and oxygen atoms in total. The molecule has 0 spiro atoms. The van der Waals surface area contributed by atoms with Gasteiger partial charge in [0.1, 0.15) is 5.75 Å². The molecule has 0 saturated heterocycles. The number of hydrogen-bond acceptors (Lipinski definition) is 2. The van der Waals surface area contributed by atoms with Crippen molar-refractivity contribution in [1.82, 2.24) is 0 Å². The van der Waals surface area contributed by atoms with E-state index in [0.29, 0.717) is 5.92 Å². The highest BCUT2D eigenvalue weighted by Crippen LogP contribution is 2.23. The average Bonchev–Trinajstić information content (AvgIpc) is 2.47. The summed E-state index contributed by atoms with van der Waals surface area (Å²) in [4.78, 5) is 11.9. The molecule has 0 heterocycles. The third-order valence-electron chi connectivity index (χ3n) is 3.36. The molecule has 1 amide bonds. The molecule has 0 unspecified atom stereocenters. The zero-order valence-corrected chi connectivity index (χ0v) is 15.2. The molecular weight excluding hydrogens is 389 g/mol. The predicted octanol–water partition coefficient (Wildman–Crippen LogP) is 4.74. The molecule has 0 atom stereocenters. The van der Waals surface area contributed by atoms with E-state index in [9.17, 15) is 4.79 Å². The summed E-state index contributed by atoms with van der Waals surface area (Å²) in [5.74, 6) is 1.05. The van der Waals surface area contributed by atoms with Crippen molar-refractivity contribution in [3.63, 3.8) is 0 Å². The second-order valence-corrected chi connectivity index (χ2v) is 6.76. The van der Waals surface area contributed by atoms with Gasteiger partial charge in [-0.25, -0.2) is 0 Å². The Labute approximate surface area is 145 Å². The highest BCUT2D eigenvalue weighted by Gasteiger charge is 2.07. The molecule has 0 bridgehead atoms. The molecule has 4 heteroatoms. The van der Waals surface area contributed by atoms with Crippen LogP contribution in [0.4, 0.5) is 5.69 Å². The van der Waals surface area contributed by atoms with Crippen LogP contribution in [0.15, 0.2) is 42.5 Å². The van der Waals surface area contributed by atoms with Crippen LogP contribution in [0.25, 0.3) is 0 Å². The quantitative estimate of drug-likeness (QED) is 0.725. The van der Waals surface area contributed by atoms with E-state index >= 15 is 0 Å². The first-order valence-corrected chi connectivity index (χ1v) is 8.32. The highest BCUT2D eigenvalue weighted by atomic mass is 127. The number of ether oxygens (including phenoxy) is 1. The van der Waals surface area contributed by atoms with Gasteiger partial charge in [0.25, 0.3) is 5.91 Å². The van der Waals surface area contributed by atoms with Crippen molar-refractivity contribution in [2.75, 3.05) is 11.9 Å². The third-order valence-corrected chi connectivity index (χ3v) is 4.08. The lowest BCUT2D eigenvalue weighted by Crippen LogP contribution is -2.20. The van der Waals surface area contributed by atoms with Crippen molar-refractivity contribution in [1.29, 1.82) is 0 Å². The van der Waals surface area contributed by atoms with Gasteiger partial charge in [0.05, 0.1) is 0 Å². The Morgan fingerprint density at radius 3 is 2.45 bits per heavy atom. The van der Waals surface area contributed by atoms with Gasteiger partial charge in [-0.3, -0.25) is 4.79 Å². The summed E-state index contributed by atoms with van der Waals surface area (Å²) in [5.41, 5.74) is 3.27. The molecule has 0 saturated carbocycles. The first-order valence-electron chi connectivity index (χ1n) is 7.24. The van der Waals surface area contributed by atoms with E-state index in [1.54, 1.807) is 0 Å². The molecule has 0 radical (unpaired) electrons. The summed E-state index contributed by atoms with van der Waals surface area (Å²) >= 11 is 2.23. The summed E-state index contributed by atoms with van der Waals surface area (Å²) < 4.78 is 6.70. The fourth-order valence-electron chi connectivity index (χ4n) is 2.26. The van der Waals surface area contributed by atoms with Gasteiger partial charge in [-0.1, -0.05) is 19.9 Å². The molecule has 0 aliphatic heterocycles. The molecule has 2 rings (SSSR count). The zero-order chi connectivity index (χ0) is 16.1. The van der Waals surface area contributed by atoms with Crippen LogP contribution < -0.4 is 10.1 Å². The van der Waals surface area contributed by atoms with Crippen LogP contribution in [0, 0.1) is 10.5 Å². The first kappa shape index (κ1) is 16.8. The van der Waals surface area contributed by atoms with Crippen molar-refractivity contribution < 1.29 is 9.53 Å². The van der Waals surface area contributed by atoms with Crippen molar-refractivity contribution in [2.24, 2.45) is 0 Å². The fourth-order valence-corrected chi connectivity index (χ4v) is 2.62. The molecule has 1 N–H and O–H groups in total. The highest BCUT2D eigenvalue weighted by molar-refractivity contribution is 14.1. The summed E-state index contributed by atoms with van der Waals surface area (Å²) in [7, 11) is 0. The Morgan fingerprint density at radius 1 is 1.18 bits per heavy atom. The first-order chi connectivity index (χ1) is 10.5. The Balaban J connectivity index is 1.91. The van der Waals surface area contributed by atoms with E-state index in [4.69, 9.17) is 4.74 Å². The van der Waals surface area contributed by atoms with Gasteiger partial charge < -0.3 is 10.1 Å². The molecule has 0 aliphatic carbocycles. The maximum absolute atomic E-state index is 11.9. The van der Waals surface area contributed by atoms with Gasteiger partial charge in [0, 0.05) is 9.26 Å².